The Morgan fingerprint density at radius 1 is 1.25 bits per heavy atom. The second-order valence-corrected chi connectivity index (χ2v) is 7.51. The topological polar surface area (TPSA) is 66.8 Å². The number of rotatable bonds is 3. The predicted molar refractivity (Wildman–Crippen MR) is 92.5 cm³/mol. The van der Waals surface area contributed by atoms with Gasteiger partial charge in [0.25, 0.3) is 0 Å². The first kappa shape index (κ1) is 17.4. The summed E-state index contributed by atoms with van der Waals surface area (Å²) < 4.78 is 6.83. The van der Waals surface area contributed by atoms with Crippen LogP contribution in [0.15, 0.2) is 28.7 Å². The molecule has 1 N–H and O–H groups in total. The van der Waals surface area contributed by atoms with E-state index in [2.05, 4.69) is 15.9 Å². The van der Waals surface area contributed by atoms with E-state index in [-0.39, 0.29) is 23.8 Å². The van der Waals surface area contributed by atoms with E-state index in [9.17, 15) is 14.7 Å². The fraction of sp³-hybridized carbons (Fsp3) is 0.556. The smallest absolute Gasteiger partial charge is 0.306 e. The van der Waals surface area contributed by atoms with Crippen LogP contribution in [0.2, 0.25) is 0 Å². The van der Waals surface area contributed by atoms with E-state index < -0.39 is 5.97 Å². The minimum absolute atomic E-state index is 0.0873. The van der Waals surface area contributed by atoms with Crippen molar-refractivity contribution in [2.24, 2.45) is 11.8 Å². The van der Waals surface area contributed by atoms with Crippen LogP contribution in [0.25, 0.3) is 0 Å². The van der Waals surface area contributed by atoms with Gasteiger partial charge < -0.3 is 14.7 Å². The summed E-state index contributed by atoms with van der Waals surface area (Å²) in [6.07, 6.45) is 2.63. The Hall–Kier alpha value is -1.40. The lowest BCUT2D eigenvalue weighted by atomic mass is 9.80. The maximum Gasteiger partial charge on any atom is 0.306 e. The quantitative estimate of drug-likeness (QED) is 0.852. The normalized spacial score (nSPS) is 27.7. The number of morpholine rings is 1. The molecular weight excluding hydrogens is 374 g/mol. The third-order valence-electron chi connectivity index (χ3n) is 4.97. The zero-order valence-corrected chi connectivity index (χ0v) is 15.1. The first-order chi connectivity index (χ1) is 11.5. The SMILES string of the molecule is O=C(O)C1CCCC(C(=O)N2CCOC(c3cccc(Br)c3)C2)C1. The van der Waals surface area contributed by atoms with Gasteiger partial charge in [0.15, 0.2) is 0 Å². The molecule has 24 heavy (non-hydrogen) atoms. The Balaban J connectivity index is 1.65. The molecule has 1 aliphatic heterocycles. The summed E-state index contributed by atoms with van der Waals surface area (Å²) in [7, 11) is 0. The molecule has 6 heteroatoms. The summed E-state index contributed by atoms with van der Waals surface area (Å²) >= 11 is 3.46. The standard InChI is InChI=1S/C18H22BrNO4/c19-15-6-2-3-12(10-15)16-11-20(7-8-24-16)17(21)13-4-1-5-14(9-13)18(22)23/h2-3,6,10,13-14,16H,1,4-5,7-9,11H2,(H,22,23). The number of aliphatic carboxylic acids is 1. The average molecular weight is 396 g/mol. The van der Waals surface area contributed by atoms with E-state index in [1.807, 2.05) is 29.2 Å². The number of hydrogen-bond acceptors (Lipinski definition) is 3. The number of halogens is 1. The molecule has 2 fully saturated rings. The minimum atomic E-state index is -0.776. The number of ether oxygens (including phenoxy) is 1. The van der Waals surface area contributed by atoms with Crippen LogP contribution in [0.3, 0.4) is 0 Å². The van der Waals surface area contributed by atoms with E-state index in [4.69, 9.17) is 4.74 Å². The molecule has 1 amide bonds. The highest BCUT2D eigenvalue weighted by Gasteiger charge is 2.35. The number of carboxylic acids is 1. The van der Waals surface area contributed by atoms with Gasteiger partial charge in [0, 0.05) is 16.9 Å². The lowest BCUT2D eigenvalue weighted by molar-refractivity contribution is -0.148. The molecule has 3 unspecified atom stereocenters. The maximum atomic E-state index is 12.8. The second kappa shape index (κ2) is 7.66. The van der Waals surface area contributed by atoms with Crippen LogP contribution in [-0.2, 0) is 14.3 Å². The van der Waals surface area contributed by atoms with Gasteiger partial charge in [0.2, 0.25) is 5.91 Å². The number of nitrogens with zero attached hydrogens (tertiary/aromatic N) is 1. The Labute approximate surface area is 150 Å². The molecule has 0 bridgehead atoms. The third-order valence-corrected chi connectivity index (χ3v) is 5.46. The van der Waals surface area contributed by atoms with Crippen molar-refractivity contribution in [2.45, 2.75) is 31.8 Å². The first-order valence-electron chi connectivity index (χ1n) is 8.43. The molecule has 1 saturated carbocycles. The third kappa shape index (κ3) is 3.98. The molecule has 1 aromatic rings. The summed E-state index contributed by atoms with van der Waals surface area (Å²) in [5, 5.41) is 9.22. The Morgan fingerprint density at radius 3 is 2.79 bits per heavy atom. The van der Waals surface area contributed by atoms with Crippen molar-refractivity contribution in [1.29, 1.82) is 0 Å². The molecule has 1 aliphatic carbocycles. The molecule has 130 valence electrons. The van der Waals surface area contributed by atoms with Crippen LogP contribution >= 0.6 is 15.9 Å². The van der Waals surface area contributed by atoms with Gasteiger partial charge in [-0.05, 0) is 37.0 Å². The van der Waals surface area contributed by atoms with E-state index in [0.717, 1.165) is 22.9 Å². The van der Waals surface area contributed by atoms with Crippen LogP contribution in [0.5, 0.6) is 0 Å². The highest BCUT2D eigenvalue weighted by Crippen LogP contribution is 2.32. The molecule has 0 aromatic heterocycles. The van der Waals surface area contributed by atoms with Gasteiger partial charge in [0.1, 0.15) is 6.10 Å². The summed E-state index contributed by atoms with van der Waals surface area (Å²) in [4.78, 5) is 25.9. The van der Waals surface area contributed by atoms with Crippen LogP contribution in [0.4, 0.5) is 0 Å². The van der Waals surface area contributed by atoms with Crippen LogP contribution in [0, 0.1) is 11.8 Å². The zero-order valence-electron chi connectivity index (χ0n) is 13.5. The van der Waals surface area contributed by atoms with Crippen LogP contribution in [-0.4, -0.2) is 41.6 Å². The van der Waals surface area contributed by atoms with Gasteiger partial charge in [-0.3, -0.25) is 9.59 Å². The Kier molecular flexibility index (Phi) is 5.56. The number of carbonyl (C=O) groups excluding carboxylic acids is 1. The molecule has 1 saturated heterocycles. The molecule has 1 heterocycles. The molecule has 3 atom stereocenters. The molecule has 5 nitrogen and oxygen atoms in total. The highest BCUT2D eigenvalue weighted by atomic mass is 79.9. The van der Waals surface area contributed by atoms with Gasteiger partial charge in [-0.2, -0.15) is 0 Å². The van der Waals surface area contributed by atoms with E-state index in [1.165, 1.54) is 0 Å². The average Bonchev–Trinajstić information content (AvgIpc) is 2.61. The van der Waals surface area contributed by atoms with Gasteiger partial charge in [-0.1, -0.05) is 34.5 Å². The molecule has 3 rings (SSSR count). The predicted octanol–water partition coefficient (Wildman–Crippen LogP) is 3.24. The zero-order chi connectivity index (χ0) is 17.1. The first-order valence-corrected chi connectivity index (χ1v) is 9.22. The molecule has 1 aromatic carbocycles. The maximum absolute atomic E-state index is 12.8. The molecule has 0 spiro atoms. The van der Waals surface area contributed by atoms with Crippen molar-refractivity contribution in [3.05, 3.63) is 34.3 Å². The molecule has 2 aliphatic rings. The Bertz CT molecular complexity index is 621. The van der Waals surface area contributed by atoms with Crippen molar-refractivity contribution < 1.29 is 19.4 Å². The Morgan fingerprint density at radius 2 is 2.04 bits per heavy atom. The summed E-state index contributed by atoms with van der Waals surface area (Å²) in [6.45, 7) is 1.62. The van der Waals surface area contributed by atoms with Crippen molar-refractivity contribution >= 4 is 27.8 Å². The highest BCUT2D eigenvalue weighted by molar-refractivity contribution is 9.10. The number of carboxylic acid groups (broad SMARTS) is 1. The van der Waals surface area contributed by atoms with Crippen molar-refractivity contribution in [2.75, 3.05) is 19.7 Å². The van der Waals surface area contributed by atoms with Crippen LogP contribution in [0.1, 0.15) is 37.4 Å². The number of benzene rings is 1. The minimum Gasteiger partial charge on any atom is -0.481 e. The van der Waals surface area contributed by atoms with Crippen LogP contribution < -0.4 is 0 Å². The van der Waals surface area contributed by atoms with E-state index >= 15 is 0 Å². The summed E-state index contributed by atoms with van der Waals surface area (Å²) in [5.41, 5.74) is 1.05. The van der Waals surface area contributed by atoms with Gasteiger partial charge in [-0.25, -0.2) is 0 Å². The second-order valence-electron chi connectivity index (χ2n) is 6.60. The lowest BCUT2D eigenvalue weighted by Gasteiger charge is -2.37. The number of carbonyl (C=O) groups is 2. The molecular formula is C18H22BrNO4. The fourth-order valence-electron chi connectivity index (χ4n) is 3.65. The van der Waals surface area contributed by atoms with Crippen molar-refractivity contribution in [3.8, 4) is 0 Å². The number of hydrogen-bond donors (Lipinski definition) is 1. The largest absolute Gasteiger partial charge is 0.481 e. The van der Waals surface area contributed by atoms with Crippen molar-refractivity contribution in [1.82, 2.24) is 4.90 Å². The molecule has 0 radical (unpaired) electrons. The van der Waals surface area contributed by atoms with Gasteiger partial charge in [0.05, 0.1) is 19.1 Å². The van der Waals surface area contributed by atoms with E-state index in [1.54, 1.807) is 0 Å². The summed E-state index contributed by atoms with van der Waals surface area (Å²) in [6, 6.07) is 7.94. The fourth-order valence-corrected chi connectivity index (χ4v) is 4.07. The summed E-state index contributed by atoms with van der Waals surface area (Å²) in [5.74, 6) is -1.23. The van der Waals surface area contributed by atoms with Crippen molar-refractivity contribution in [3.63, 3.8) is 0 Å². The van der Waals surface area contributed by atoms with E-state index in [0.29, 0.717) is 32.5 Å². The number of amides is 1. The van der Waals surface area contributed by atoms with Gasteiger partial charge in [-0.15, -0.1) is 0 Å². The lowest BCUT2D eigenvalue weighted by Crippen LogP contribution is -2.46. The van der Waals surface area contributed by atoms with Gasteiger partial charge >= 0.3 is 5.97 Å². The monoisotopic (exact) mass is 395 g/mol.